The third-order valence-electron chi connectivity index (χ3n) is 3.87. The smallest absolute Gasteiger partial charge is 0.345 e. The topological polar surface area (TPSA) is 85.9 Å². The third-order valence-corrected chi connectivity index (χ3v) is 3.87. The minimum Gasteiger partial charge on any atom is -0.402 e. The van der Waals surface area contributed by atoms with Crippen molar-refractivity contribution in [2.24, 2.45) is 5.73 Å². The van der Waals surface area contributed by atoms with Gasteiger partial charge in [0.2, 0.25) is 5.88 Å². The zero-order chi connectivity index (χ0) is 13.3. The molecule has 1 unspecified atom stereocenters. The van der Waals surface area contributed by atoms with Crippen LogP contribution in [0.15, 0.2) is 17.7 Å². The van der Waals surface area contributed by atoms with Gasteiger partial charge in [0.15, 0.2) is 0 Å². The monoisotopic (exact) mass is 256 g/mol. The van der Waals surface area contributed by atoms with Crippen LogP contribution in [0.3, 0.4) is 0 Å². The van der Waals surface area contributed by atoms with Crippen LogP contribution in [0.25, 0.3) is 5.82 Å². The van der Waals surface area contributed by atoms with Gasteiger partial charge in [-0.1, -0.05) is 0 Å². The van der Waals surface area contributed by atoms with Crippen molar-refractivity contribution in [3.63, 3.8) is 0 Å². The molecule has 0 amide bonds. The maximum atomic E-state index is 12.1. The van der Waals surface area contributed by atoms with Crippen molar-refractivity contribution in [3.05, 3.63) is 40.4 Å². The molecule has 2 aromatic rings. The van der Waals surface area contributed by atoms with E-state index in [1.807, 2.05) is 30.5 Å². The van der Waals surface area contributed by atoms with Gasteiger partial charge in [0.05, 0.1) is 17.1 Å². The summed E-state index contributed by atoms with van der Waals surface area (Å²) in [6.07, 6.45) is 0. The molecule has 0 spiro atoms. The second kappa shape index (κ2) is 3.09. The lowest BCUT2D eigenvalue weighted by molar-refractivity contribution is -0.131. The molecule has 19 heavy (non-hydrogen) atoms. The van der Waals surface area contributed by atoms with Crippen molar-refractivity contribution >= 4 is 11.8 Å². The fraction of sp³-hybridized carbons (Fsp3) is 0.231. The summed E-state index contributed by atoms with van der Waals surface area (Å²) in [4.78, 5) is 12.1. The second-order valence-corrected chi connectivity index (χ2v) is 4.92. The third kappa shape index (κ3) is 1.07. The van der Waals surface area contributed by atoms with Crippen LogP contribution in [-0.4, -0.2) is 20.7 Å². The molecule has 0 aliphatic carbocycles. The molecule has 0 aromatic carbocycles. The first-order valence-electron chi connectivity index (χ1n) is 6.05. The standard InChI is InChI=1S/C13H12N4O2/c1-5-3-4-7-9-8-6(2)15-16-12(8)19-13(18)10(9)11(14)17(5)7/h3-4,9H,14H2,1-2H3,(H,15,16). The van der Waals surface area contributed by atoms with Crippen LogP contribution in [0.1, 0.15) is 28.6 Å². The van der Waals surface area contributed by atoms with Gasteiger partial charge in [-0.05, 0) is 26.0 Å². The molecule has 4 heterocycles. The first-order valence-corrected chi connectivity index (χ1v) is 6.05. The number of carbonyl (C=O) groups is 1. The van der Waals surface area contributed by atoms with Crippen LogP contribution in [0.2, 0.25) is 0 Å². The Balaban J connectivity index is 2.09. The Morgan fingerprint density at radius 1 is 1.42 bits per heavy atom. The number of aromatic amines is 1. The minimum absolute atomic E-state index is 0.177. The van der Waals surface area contributed by atoms with Gasteiger partial charge < -0.3 is 15.0 Å². The maximum absolute atomic E-state index is 12.1. The summed E-state index contributed by atoms with van der Waals surface area (Å²) in [6, 6.07) is 3.99. The van der Waals surface area contributed by atoms with Crippen LogP contribution < -0.4 is 10.5 Å². The highest BCUT2D eigenvalue weighted by atomic mass is 16.5. The number of H-pyrrole nitrogens is 1. The summed E-state index contributed by atoms with van der Waals surface area (Å²) in [6.45, 7) is 3.87. The van der Waals surface area contributed by atoms with E-state index in [1.54, 1.807) is 0 Å². The van der Waals surface area contributed by atoms with Crippen molar-refractivity contribution in [2.45, 2.75) is 19.8 Å². The molecule has 0 saturated heterocycles. The Morgan fingerprint density at radius 3 is 3.00 bits per heavy atom. The van der Waals surface area contributed by atoms with E-state index in [4.69, 9.17) is 10.5 Å². The number of nitrogens with one attached hydrogen (secondary N) is 1. The van der Waals surface area contributed by atoms with Crippen LogP contribution >= 0.6 is 0 Å². The molecule has 3 N–H and O–H groups in total. The molecule has 0 fully saturated rings. The van der Waals surface area contributed by atoms with Gasteiger partial charge in [-0.25, -0.2) is 4.79 Å². The quantitative estimate of drug-likeness (QED) is 0.689. The molecule has 2 aliphatic heterocycles. The van der Waals surface area contributed by atoms with Gasteiger partial charge in [-0.15, -0.1) is 5.10 Å². The average molecular weight is 256 g/mol. The second-order valence-electron chi connectivity index (χ2n) is 4.92. The van der Waals surface area contributed by atoms with E-state index >= 15 is 0 Å². The predicted octanol–water partition coefficient (Wildman–Crippen LogP) is 1.02. The fourth-order valence-electron chi connectivity index (χ4n) is 3.02. The van der Waals surface area contributed by atoms with Gasteiger partial charge in [0.1, 0.15) is 5.82 Å². The molecule has 96 valence electrons. The first kappa shape index (κ1) is 10.4. The number of nitrogens with two attached hydrogens (primary N) is 1. The maximum Gasteiger partial charge on any atom is 0.345 e. The van der Waals surface area contributed by atoms with Crippen molar-refractivity contribution in [1.29, 1.82) is 0 Å². The van der Waals surface area contributed by atoms with Crippen LogP contribution in [0, 0.1) is 13.8 Å². The highest BCUT2D eigenvalue weighted by Gasteiger charge is 2.44. The van der Waals surface area contributed by atoms with E-state index < -0.39 is 5.97 Å². The number of ether oxygens (including phenoxy) is 1. The van der Waals surface area contributed by atoms with Crippen LogP contribution in [0.4, 0.5) is 0 Å². The molecule has 0 bridgehead atoms. The molecule has 6 nitrogen and oxygen atoms in total. The summed E-state index contributed by atoms with van der Waals surface area (Å²) in [7, 11) is 0. The molecular formula is C13H12N4O2. The molecule has 6 heteroatoms. The Hall–Kier alpha value is -2.50. The van der Waals surface area contributed by atoms with E-state index in [-0.39, 0.29) is 5.92 Å². The van der Waals surface area contributed by atoms with Crippen molar-refractivity contribution < 1.29 is 9.53 Å². The van der Waals surface area contributed by atoms with Gasteiger partial charge >= 0.3 is 5.97 Å². The molecule has 0 radical (unpaired) electrons. The lowest BCUT2D eigenvalue weighted by Gasteiger charge is -2.19. The lowest BCUT2D eigenvalue weighted by atomic mass is 9.88. The summed E-state index contributed by atoms with van der Waals surface area (Å²) >= 11 is 0. The number of fused-ring (bicyclic) bond motifs is 5. The van der Waals surface area contributed by atoms with Crippen molar-refractivity contribution in [3.8, 4) is 5.88 Å². The van der Waals surface area contributed by atoms with Crippen LogP contribution in [0.5, 0.6) is 5.88 Å². The Kier molecular flexibility index (Phi) is 1.69. The SMILES string of the molecule is Cc1[nH]nc2c1C1C(=C(N)n3c(C)ccc31)C(=O)O2. The Labute approximate surface area is 108 Å². The largest absolute Gasteiger partial charge is 0.402 e. The van der Waals surface area contributed by atoms with Crippen molar-refractivity contribution in [1.82, 2.24) is 14.8 Å². The molecule has 0 saturated carbocycles. The summed E-state index contributed by atoms with van der Waals surface area (Å²) in [5.41, 5.74) is 10.4. The zero-order valence-electron chi connectivity index (χ0n) is 10.5. The number of aromatic nitrogens is 3. The highest BCUT2D eigenvalue weighted by molar-refractivity contribution is 6.01. The average Bonchev–Trinajstić information content (AvgIpc) is 2.98. The predicted molar refractivity (Wildman–Crippen MR) is 67.4 cm³/mol. The highest BCUT2D eigenvalue weighted by Crippen LogP contribution is 2.48. The van der Waals surface area contributed by atoms with Gasteiger partial charge in [0, 0.05) is 17.1 Å². The van der Waals surface area contributed by atoms with Gasteiger partial charge in [-0.3, -0.25) is 5.10 Å². The van der Waals surface area contributed by atoms with Gasteiger partial charge in [0.25, 0.3) is 0 Å². The first-order chi connectivity index (χ1) is 9.09. The summed E-state index contributed by atoms with van der Waals surface area (Å²) in [5, 5.41) is 6.90. The number of rotatable bonds is 0. The number of hydrogen-bond donors (Lipinski definition) is 2. The van der Waals surface area contributed by atoms with Crippen LogP contribution in [-0.2, 0) is 4.79 Å². The van der Waals surface area contributed by atoms with E-state index in [1.165, 1.54) is 0 Å². The van der Waals surface area contributed by atoms with E-state index in [0.29, 0.717) is 17.3 Å². The number of aryl methyl sites for hydroxylation is 2. The van der Waals surface area contributed by atoms with Crippen molar-refractivity contribution in [2.75, 3.05) is 0 Å². The van der Waals surface area contributed by atoms with E-state index in [2.05, 4.69) is 10.2 Å². The summed E-state index contributed by atoms with van der Waals surface area (Å²) in [5.74, 6) is 0.225. The number of carbonyl (C=O) groups excluding carboxylic acids is 1. The van der Waals surface area contributed by atoms with E-state index in [0.717, 1.165) is 22.6 Å². The fourth-order valence-corrected chi connectivity index (χ4v) is 3.02. The molecule has 4 rings (SSSR count). The lowest BCUT2D eigenvalue weighted by Crippen LogP contribution is -2.23. The molecule has 2 aliphatic rings. The normalized spacial score (nSPS) is 20.1. The Bertz CT molecular complexity index is 766. The zero-order valence-corrected chi connectivity index (χ0v) is 10.5. The van der Waals surface area contributed by atoms with Gasteiger partial charge in [-0.2, -0.15) is 0 Å². The number of nitrogens with zero attached hydrogens (tertiary/aromatic N) is 2. The Morgan fingerprint density at radius 2 is 2.21 bits per heavy atom. The molecule has 1 atom stereocenters. The molecule has 2 aromatic heterocycles. The molecular weight excluding hydrogens is 244 g/mol. The summed E-state index contributed by atoms with van der Waals surface area (Å²) < 4.78 is 7.15. The number of esters is 1. The minimum atomic E-state index is -0.412. The number of hydrogen-bond acceptors (Lipinski definition) is 4. The van der Waals surface area contributed by atoms with E-state index in [9.17, 15) is 4.79 Å².